The summed E-state index contributed by atoms with van der Waals surface area (Å²) in [5, 5.41) is 0.366. The summed E-state index contributed by atoms with van der Waals surface area (Å²) < 4.78 is 31.7. The number of nitrogens with zero attached hydrogens (tertiary/aromatic N) is 1. The maximum atomic E-state index is 12.0. The average molecular weight is 301 g/mol. The molecule has 0 radical (unpaired) electrons. The highest BCUT2D eigenvalue weighted by molar-refractivity contribution is 7.89. The SMILES string of the molecule is Cc1nc(CNS(=O)(=O)c2cccc(Cl)c2)oc1C. The van der Waals surface area contributed by atoms with Crippen LogP contribution in [0, 0.1) is 13.8 Å². The number of rotatable bonds is 4. The molecule has 102 valence electrons. The first-order valence-electron chi connectivity index (χ1n) is 5.56. The third kappa shape index (κ3) is 3.34. The second kappa shape index (κ2) is 5.32. The Labute approximate surface area is 116 Å². The zero-order valence-corrected chi connectivity index (χ0v) is 12.0. The van der Waals surface area contributed by atoms with Crippen LogP contribution in [0.5, 0.6) is 0 Å². The maximum Gasteiger partial charge on any atom is 0.241 e. The van der Waals surface area contributed by atoms with Gasteiger partial charge in [-0.15, -0.1) is 0 Å². The van der Waals surface area contributed by atoms with Crippen molar-refractivity contribution in [3.63, 3.8) is 0 Å². The van der Waals surface area contributed by atoms with Crippen LogP contribution >= 0.6 is 11.6 Å². The van der Waals surface area contributed by atoms with Gasteiger partial charge in [0.25, 0.3) is 0 Å². The van der Waals surface area contributed by atoms with E-state index in [4.69, 9.17) is 16.0 Å². The molecule has 0 aliphatic heterocycles. The lowest BCUT2D eigenvalue weighted by atomic mass is 10.4. The number of aryl methyl sites for hydroxylation is 2. The predicted octanol–water partition coefficient (Wildman–Crippen LogP) is 2.42. The summed E-state index contributed by atoms with van der Waals surface area (Å²) >= 11 is 5.77. The number of halogens is 1. The van der Waals surface area contributed by atoms with Crippen molar-refractivity contribution < 1.29 is 12.8 Å². The van der Waals surface area contributed by atoms with Crippen LogP contribution in [0.3, 0.4) is 0 Å². The Morgan fingerprint density at radius 1 is 1.37 bits per heavy atom. The van der Waals surface area contributed by atoms with Gasteiger partial charge in [0.05, 0.1) is 17.1 Å². The van der Waals surface area contributed by atoms with Gasteiger partial charge in [-0.05, 0) is 32.0 Å². The minimum absolute atomic E-state index is 0.00350. The average Bonchev–Trinajstić information content (AvgIpc) is 2.67. The molecule has 2 aromatic rings. The van der Waals surface area contributed by atoms with E-state index in [1.807, 2.05) is 0 Å². The highest BCUT2D eigenvalue weighted by atomic mass is 35.5. The fourth-order valence-corrected chi connectivity index (χ4v) is 2.76. The lowest BCUT2D eigenvalue weighted by Crippen LogP contribution is -2.23. The molecule has 1 aromatic carbocycles. The third-order valence-corrected chi connectivity index (χ3v) is 4.23. The monoisotopic (exact) mass is 300 g/mol. The van der Waals surface area contributed by atoms with Crippen LogP contribution in [-0.4, -0.2) is 13.4 Å². The molecule has 0 saturated carbocycles. The van der Waals surface area contributed by atoms with E-state index in [0.29, 0.717) is 16.7 Å². The van der Waals surface area contributed by atoms with Crippen LogP contribution in [0.1, 0.15) is 17.3 Å². The van der Waals surface area contributed by atoms with Gasteiger partial charge in [0.2, 0.25) is 15.9 Å². The molecule has 7 heteroatoms. The molecule has 0 saturated heterocycles. The number of oxazole rings is 1. The summed E-state index contributed by atoms with van der Waals surface area (Å²) in [4.78, 5) is 4.22. The van der Waals surface area contributed by atoms with E-state index in [1.165, 1.54) is 12.1 Å². The van der Waals surface area contributed by atoms with Gasteiger partial charge in [-0.25, -0.2) is 18.1 Å². The molecule has 0 fully saturated rings. The molecule has 0 aliphatic carbocycles. The van der Waals surface area contributed by atoms with Gasteiger partial charge in [-0.2, -0.15) is 0 Å². The lowest BCUT2D eigenvalue weighted by molar-refractivity contribution is 0.463. The Balaban J connectivity index is 2.14. The van der Waals surface area contributed by atoms with E-state index in [1.54, 1.807) is 26.0 Å². The van der Waals surface area contributed by atoms with E-state index < -0.39 is 10.0 Å². The molecule has 1 heterocycles. The largest absolute Gasteiger partial charge is 0.444 e. The van der Waals surface area contributed by atoms with Crippen molar-refractivity contribution in [1.82, 2.24) is 9.71 Å². The second-order valence-corrected chi connectivity index (χ2v) is 6.23. The Morgan fingerprint density at radius 3 is 2.68 bits per heavy atom. The number of hydrogen-bond donors (Lipinski definition) is 1. The van der Waals surface area contributed by atoms with Crippen molar-refractivity contribution in [3.05, 3.63) is 46.6 Å². The van der Waals surface area contributed by atoms with Gasteiger partial charge in [-0.3, -0.25) is 0 Å². The molecule has 5 nitrogen and oxygen atoms in total. The van der Waals surface area contributed by atoms with Crippen LogP contribution in [0.15, 0.2) is 33.6 Å². The number of nitrogens with one attached hydrogen (secondary N) is 1. The van der Waals surface area contributed by atoms with Crippen molar-refractivity contribution in [1.29, 1.82) is 0 Å². The lowest BCUT2D eigenvalue weighted by Gasteiger charge is -2.04. The van der Waals surface area contributed by atoms with Gasteiger partial charge in [-0.1, -0.05) is 17.7 Å². The molecule has 1 aromatic heterocycles. The Kier molecular flexibility index (Phi) is 3.93. The van der Waals surface area contributed by atoms with Gasteiger partial charge in [0.15, 0.2) is 0 Å². The Morgan fingerprint density at radius 2 is 2.11 bits per heavy atom. The minimum Gasteiger partial charge on any atom is -0.444 e. The number of aromatic nitrogens is 1. The summed E-state index contributed by atoms with van der Waals surface area (Å²) in [5.74, 6) is 1.01. The molecule has 2 rings (SSSR count). The summed E-state index contributed by atoms with van der Waals surface area (Å²) in [5.41, 5.74) is 0.747. The predicted molar refractivity (Wildman–Crippen MR) is 71.5 cm³/mol. The zero-order valence-electron chi connectivity index (χ0n) is 10.5. The highest BCUT2D eigenvalue weighted by Crippen LogP contribution is 2.16. The first-order chi connectivity index (χ1) is 8.88. The van der Waals surface area contributed by atoms with Gasteiger partial charge in [0.1, 0.15) is 5.76 Å². The minimum atomic E-state index is -3.62. The topological polar surface area (TPSA) is 72.2 Å². The molecule has 0 spiro atoms. The third-order valence-electron chi connectivity index (χ3n) is 2.59. The molecule has 0 amide bonds. The normalized spacial score (nSPS) is 11.7. The van der Waals surface area contributed by atoms with Crippen molar-refractivity contribution >= 4 is 21.6 Å². The van der Waals surface area contributed by atoms with E-state index in [-0.39, 0.29) is 11.4 Å². The molecular formula is C12H13ClN2O3S. The van der Waals surface area contributed by atoms with Crippen molar-refractivity contribution in [2.75, 3.05) is 0 Å². The highest BCUT2D eigenvalue weighted by Gasteiger charge is 2.15. The Bertz CT molecular complexity index is 675. The van der Waals surface area contributed by atoms with E-state index in [2.05, 4.69) is 9.71 Å². The van der Waals surface area contributed by atoms with E-state index >= 15 is 0 Å². The van der Waals surface area contributed by atoms with Crippen LogP contribution in [-0.2, 0) is 16.6 Å². The van der Waals surface area contributed by atoms with Crippen LogP contribution in [0.25, 0.3) is 0 Å². The number of sulfonamides is 1. The van der Waals surface area contributed by atoms with Crippen molar-refractivity contribution in [2.45, 2.75) is 25.3 Å². The molecule has 0 atom stereocenters. The van der Waals surface area contributed by atoms with Crippen LogP contribution < -0.4 is 4.72 Å². The van der Waals surface area contributed by atoms with Gasteiger partial charge < -0.3 is 4.42 Å². The summed E-state index contributed by atoms with van der Waals surface area (Å²) in [7, 11) is -3.62. The van der Waals surface area contributed by atoms with Gasteiger partial charge in [0, 0.05) is 5.02 Å². The first-order valence-corrected chi connectivity index (χ1v) is 7.43. The van der Waals surface area contributed by atoms with Gasteiger partial charge >= 0.3 is 0 Å². The van der Waals surface area contributed by atoms with E-state index in [0.717, 1.165) is 5.69 Å². The van der Waals surface area contributed by atoms with E-state index in [9.17, 15) is 8.42 Å². The molecule has 0 unspecified atom stereocenters. The molecule has 1 N–H and O–H groups in total. The zero-order chi connectivity index (χ0) is 14.0. The maximum absolute atomic E-state index is 12.0. The Hall–Kier alpha value is -1.37. The molecule has 0 aliphatic rings. The second-order valence-electron chi connectivity index (χ2n) is 4.03. The number of hydrogen-bond acceptors (Lipinski definition) is 4. The molecule has 19 heavy (non-hydrogen) atoms. The molecular weight excluding hydrogens is 288 g/mol. The summed E-state index contributed by atoms with van der Waals surface area (Å²) in [6, 6.07) is 6.05. The van der Waals surface area contributed by atoms with Crippen molar-refractivity contribution in [3.8, 4) is 0 Å². The standard InChI is InChI=1S/C12H13ClN2O3S/c1-8-9(2)18-12(15-8)7-14-19(16,17)11-5-3-4-10(13)6-11/h3-6,14H,7H2,1-2H3. The quantitative estimate of drug-likeness (QED) is 0.941. The molecule has 0 bridgehead atoms. The number of benzene rings is 1. The van der Waals surface area contributed by atoms with Crippen molar-refractivity contribution in [2.24, 2.45) is 0 Å². The first kappa shape index (κ1) is 14.0. The fourth-order valence-electron chi connectivity index (χ4n) is 1.49. The summed E-state index contributed by atoms with van der Waals surface area (Å²) in [6.07, 6.45) is 0. The summed E-state index contributed by atoms with van der Waals surface area (Å²) in [6.45, 7) is 3.58. The van der Waals surface area contributed by atoms with Crippen LogP contribution in [0.2, 0.25) is 5.02 Å². The smallest absolute Gasteiger partial charge is 0.241 e. The van der Waals surface area contributed by atoms with Crippen LogP contribution in [0.4, 0.5) is 0 Å². The fraction of sp³-hybridized carbons (Fsp3) is 0.250.